The number of rotatable bonds is 5. The van der Waals surface area contributed by atoms with Gasteiger partial charge in [0, 0.05) is 19.5 Å². The first-order valence-electron chi connectivity index (χ1n) is 7.10. The normalized spacial score (nSPS) is 11.2. The fourth-order valence-corrected chi connectivity index (χ4v) is 1.94. The molecule has 2 aromatic carbocycles. The van der Waals surface area contributed by atoms with E-state index in [0.717, 1.165) is 23.3 Å². The van der Waals surface area contributed by atoms with Gasteiger partial charge in [-0.05, 0) is 42.3 Å². The molecule has 2 rings (SSSR count). The van der Waals surface area contributed by atoms with E-state index in [1.165, 1.54) is 13.0 Å². The van der Waals surface area contributed by atoms with Gasteiger partial charge in [0.15, 0.2) is 11.6 Å². The number of hydrogen-bond donors (Lipinski definition) is 1. The summed E-state index contributed by atoms with van der Waals surface area (Å²) in [4.78, 5) is 10.8. The summed E-state index contributed by atoms with van der Waals surface area (Å²) in [6.07, 6.45) is 1.90. The Morgan fingerprint density at radius 3 is 2.43 bits per heavy atom. The number of allylic oxidation sites excluding steroid dienone is 1. The largest absolute Gasteiger partial charge is 0.454 e. The summed E-state index contributed by atoms with van der Waals surface area (Å²) in [6.45, 7) is 3.85. The van der Waals surface area contributed by atoms with Gasteiger partial charge in [-0.25, -0.2) is 8.78 Å². The molecule has 0 heterocycles. The van der Waals surface area contributed by atoms with Gasteiger partial charge in [-0.2, -0.15) is 0 Å². The highest BCUT2D eigenvalue weighted by Gasteiger charge is 2.06. The Morgan fingerprint density at radius 2 is 1.83 bits per heavy atom. The van der Waals surface area contributed by atoms with E-state index in [0.29, 0.717) is 12.3 Å². The molecule has 120 valence electrons. The molecule has 0 spiro atoms. The Morgan fingerprint density at radius 1 is 1.13 bits per heavy atom. The lowest BCUT2D eigenvalue weighted by Crippen LogP contribution is -2.19. The fraction of sp³-hybridized carbons (Fsp3) is 0.167. The van der Waals surface area contributed by atoms with E-state index in [4.69, 9.17) is 4.74 Å². The molecule has 1 N–H and O–H groups in total. The van der Waals surface area contributed by atoms with Crippen LogP contribution in [0.3, 0.4) is 0 Å². The highest BCUT2D eigenvalue weighted by Crippen LogP contribution is 2.26. The van der Waals surface area contributed by atoms with E-state index in [9.17, 15) is 13.6 Å². The molecule has 0 bridgehead atoms. The van der Waals surface area contributed by atoms with Gasteiger partial charge < -0.3 is 10.1 Å². The second-order valence-corrected chi connectivity index (χ2v) is 5.03. The lowest BCUT2D eigenvalue weighted by molar-refractivity contribution is -0.118. The van der Waals surface area contributed by atoms with Gasteiger partial charge >= 0.3 is 0 Å². The average molecular weight is 317 g/mol. The summed E-state index contributed by atoms with van der Waals surface area (Å²) in [6, 6.07) is 10.2. The van der Waals surface area contributed by atoms with Gasteiger partial charge in [0.2, 0.25) is 5.91 Å². The second kappa shape index (κ2) is 7.54. The minimum atomic E-state index is -0.750. The molecule has 0 atom stereocenters. The first-order chi connectivity index (χ1) is 11.0. The van der Waals surface area contributed by atoms with Gasteiger partial charge in [-0.3, -0.25) is 4.79 Å². The van der Waals surface area contributed by atoms with Crippen molar-refractivity contribution in [2.75, 3.05) is 6.54 Å². The maximum atomic E-state index is 13.5. The van der Waals surface area contributed by atoms with E-state index in [1.54, 1.807) is 12.1 Å². The van der Waals surface area contributed by atoms with Gasteiger partial charge in [-0.1, -0.05) is 18.2 Å². The molecule has 0 unspecified atom stereocenters. The maximum absolute atomic E-state index is 13.5. The smallest absolute Gasteiger partial charge is 0.217 e. The molecule has 0 aliphatic rings. The Balaban J connectivity index is 2.05. The van der Waals surface area contributed by atoms with E-state index in [-0.39, 0.29) is 11.7 Å². The SMILES string of the molecule is CC(=O)NCC=C(C)c1ccc(Oc2ccc(F)cc2F)cc1. The molecular formula is C18H17F2NO2. The topological polar surface area (TPSA) is 38.3 Å². The number of benzene rings is 2. The molecule has 0 aliphatic carbocycles. The Kier molecular flexibility index (Phi) is 5.46. The van der Waals surface area contributed by atoms with E-state index in [2.05, 4.69) is 5.32 Å². The van der Waals surface area contributed by atoms with Crippen LogP contribution < -0.4 is 10.1 Å². The van der Waals surface area contributed by atoms with E-state index < -0.39 is 11.6 Å². The first-order valence-corrected chi connectivity index (χ1v) is 7.10. The first kappa shape index (κ1) is 16.7. The number of carbonyl (C=O) groups excluding carboxylic acids is 1. The van der Waals surface area contributed by atoms with Crippen molar-refractivity contribution < 1.29 is 18.3 Å². The van der Waals surface area contributed by atoms with Crippen molar-refractivity contribution in [2.24, 2.45) is 0 Å². The number of halogens is 2. The molecular weight excluding hydrogens is 300 g/mol. The Bertz CT molecular complexity index is 724. The highest BCUT2D eigenvalue weighted by molar-refractivity contribution is 5.73. The molecule has 0 radical (unpaired) electrons. The van der Waals surface area contributed by atoms with Crippen molar-refractivity contribution in [3.63, 3.8) is 0 Å². The van der Waals surface area contributed by atoms with Gasteiger partial charge in [0.25, 0.3) is 0 Å². The molecule has 0 aromatic heterocycles. The van der Waals surface area contributed by atoms with Crippen LogP contribution in [0.2, 0.25) is 0 Å². The van der Waals surface area contributed by atoms with Gasteiger partial charge in [0.1, 0.15) is 11.6 Å². The number of hydrogen-bond acceptors (Lipinski definition) is 2. The average Bonchev–Trinajstić information content (AvgIpc) is 2.50. The van der Waals surface area contributed by atoms with Crippen LogP contribution in [0.15, 0.2) is 48.5 Å². The van der Waals surface area contributed by atoms with Crippen LogP contribution in [0.4, 0.5) is 8.78 Å². The summed E-state index contributed by atoms with van der Waals surface area (Å²) in [7, 11) is 0. The van der Waals surface area contributed by atoms with Crippen molar-refractivity contribution >= 4 is 11.5 Å². The second-order valence-electron chi connectivity index (χ2n) is 5.03. The fourth-order valence-electron chi connectivity index (χ4n) is 1.94. The summed E-state index contributed by atoms with van der Waals surface area (Å²) >= 11 is 0. The van der Waals surface area contributed by atoms with Crippen molar-refractivity contribution in [3.05, 3.63) is 65.7 Å². The minimum absolute atomic E-state index is 0.0305. The molecule has 0 saturated heterocycles. The van der Waals surface area contributed by atoms with Gasteiger partial charge in [0.05, 0.1) is 0 Å². The molecule has 0 fully saturated rings. The molecule has 1 amide bonds. The zero-order valence-corrected chi connectivity index (χ0v) is 12.9. The molecule has 5 heteroatoms. The minimum Gasteiger partial charge on any atom is -0.454 e. The predicted molar refractivity (Wildman–Crippen MR) is 85.2 cm³/mol. The quantitative estimate of drug-likeness (QED) is 0.893. The van der Waals surface area contributed by atoms with Crippen molar-refractivity contribution in [3.8, 4) is 11.5 Å². The number of amides is 1. The van der Waals surface area contributed by atoms with Crippen molar-refractivity contribution in [1.82, 2.24) is 5.32 Å². The van der Waals surface area contributed by atoms with Crippen LogP contribution >= 0.6 is 0 Å². The van der Waals surface area contributed by atoms with E-state index >= 15 is 0 Å². The third-order valence-corrected chi connectivity index (χ3v) is 3.19. The Labute approximate surface area is 133 Å². The lowest BCUT2D eigenvalue weighted by atomic mass is 10.1. The van der Waals surface area contributed by atoms with Crippen LogP contribution in [0.25, 0.3) is 5.57 Å². The number of nitrogens with one attached hydrogen (secondary N) is 1. The van der Waals surface area contributed by atoms with Crippen LogP contribution in [-0.4, -0.2) is 12.5 Å². The van der Waals surface area contributed by atoms with Crippen LogP contribution in [0.5, 0.6) is 11.5 Å². The lowest BCUT2D eigenvalue weighted by Gasteiger charge is -2.08. The van der Waals surface area contributed by atoms with Crippen molar-refractivity contribution in [1.29, 1.82) is 0 Å². The van der Waals surface area contributed by atoms with E-state index in [1.807, 2.05) is 25.1 Å². The van der Waals surface area contributed by atoms with Crippen LogP contribution in [-0.2, 0) is 4.79 Å². The predicted octanol–water partition coefficient (Wildman–Crippen LogP) is 4.30. The summed E-state index contributed by atoms with van der Waals surface area (Å²) in [5.74, 6) is -1.06. The molecule has 3 nitrogen and oxygen atoms in total. The summed E-state index contributed by atoms with van der Waals surface area (Å²) < 4.78 is 31.8. The van der Waals surface area contributed by atoms with Crippen LogP contribution in [0, 0.1) is 11.6 Å². The summed E-state index contributed by atoms with van der Waals surface area (Å²) in [5.41, 5.74) is 1.96. The third-order valence-electron chi connectivity index (χ3n) is 3.19. The van der Waals surface area contributed by atoms with Crippen molar-refractivity contribution in [2.45, 2.75) is 13.8 Å². The zero-order valence-electron chi connectivity index (χ0n) is 12.9. The molecule has 23 heavy (non-hydrogen) atoms. The number of ether oxygens (including phenoxy) is 1. The third kappa shape index (κ3) is 4.92. The molecule has 0 aliphatic heterocycles. The number of carbonyl (C=O) groups is 1. The zero-order chi connectivity index (χ0) is 16.8. The standard InChI is InChI=1S/C18H17F2NO2/c1-12(9-10-21-13(2)22)14-3-6-16(7-4-14)23-18-8-5-15(19)11-17(18)20/h3-9,11H,10H2,1-2H3,(H,21,22). The Hall–Kier alpha value is -2.69. The van der Waals surface area contributed by atoms with Gasteiger partial charge in [-0.15, -0.1) is 0 Å². The highest BCUT2D eigenvalue weighted by atomic mass is 19.1. The molecule has 2 aromatic rings. The maximum Gasteiger partial charge on any atom is 0.217 e. The summed E-state index contributed by atoms with van der Waals surface area (Å²) in [5, 5.41) is 2.69. The van der Waals surface area contributed by atoms with Crippen LogP contribution in [0.1, 0.15) is 19.4 Å². The monoisotopic (exact) mass is 317 g/mol. The molecule has 0 saturated carbocycles.